The summed E-state index contributed by atoms with van der Waals surface area (Å²) in [7, 11) is 0.705. The first-order valence-corrected chi connectivity index (χ1v) is 3.86. The Hall–Kier alpha value is -0.955. The Morgan fingerprint density at radius 1 is 1.17 bits per heavy atom. The van der Waals surface area contributed by atoms with E-state index in [2.05, 4.69) is 6.92 Å². The SMILES string of the molecule is Cc1ccc(O[B]O)c(C)c1C. The van der Waals surface area contributed by atoms with Gasteiger partial charge in [-0.15, -0.1) is 0 Å². The molecular formula is C9H12BO2. The smallest absolute Gasteiger partial charge is 0.537 e. The maximum absolute atomic E-state index is 8.46. The predicted molar refractivity (Wildman–Crippen MR) is 49.3 cm³/mol. The van der Waals surface area contributed by atoms with Crippen molar-refractivity contribution in [2.24, 2.45) is 0 Å². The Morgan fingerprint density at radius 3 is 2.42 bits per heavy atom. The molecule has 0 heterocycles. The van der Waals surface area contributed by atoms with Gasteiger partial charge in [-0.2, -0.15) is 0 Å². The molecule has 0 aliphatic rings. The molecule has 0 spiro atoms. The maximum Gasteiger partial charge on any atom is 0.569 e. The molecule has 12 heavy (non-hydrogen) atoms. The first-order chi connectivity index (χ1) is 5.66. The first-order valence-electron chi connectivity index (χ1n) is 3.86. The minimum atomic E-state index is 0.705. The zero-order valence-corrected chi connectivity index (χ0v) is 7.59. The number of hydrogen-bond acceptors (Lipinski definition) is 2. The second-order valence-corrected chi connectivity index (χ2v) is 2.85. The van der Waals surface area contributed by atoms with Crippen molar-refractivity contribution >= 4 is 7.69 Å². The van der Waals surface area contributed by atoms with Crippen LogP contribution in [-0.4, -0.2) is 12.7 Å². The largest absolute Gasteiger partial charge is 0.569 e. The van der Waals surface area contributed by atoms with Crippen LogP contribution in [0.1, 0.15) is 16.7 Å². The van der Waals surface area contributed by atoms with E-state index in [-0.39, 0.29) is 0 Å². The summed E-state index contributed by atoms with van der Waals surface area (Å²) in [5.41, 5.74) is 3.51. The van der Waals surface area contributed by atoms with Gasteiger partial charge in [0.25, 0.3) is 0 Å². The van der Waals surface area contributed by atoms with E-state index in [4.69, 9.17) is 9.68 Å². The molecule has 0 aliphatic heterocycles. The van der Waals surface area contributed by atoms with Gasteiger partial charge in [-0.05, 0) is 43.5 Å². The Kier molecular flexibility index (Phi) is 2.76. The van der Waals surface area contributed by atoms with Gasteiger partial charge in [-0.25, -0.2) is 0 Å². The lowest BCUT2D eigenvalue weighted by Gasteiger charge is -2.10. The number of benzene rings is 1. The minimum absolute atomic E-state index is 0.705. The Balaban J connectivity index is 3.08. The molecule has 1 radical (unpaired) electrons. The fourth-order valence-electron chi connectivity index (χ4n) is 1.12. The van der Waals surface area contributed by atoms with Gasteiger partial charge in [0.15, 0.2) is 0 Å². The molecular weight excluding hydrogens is 151 g/mol. The highest BCUT2D eigenvalue weighted by atomic mass is 16.5. The number of rotatable bonds is 2. The lowest BCUT2D eigenvalue weighted by atomic mass is 10.0. The standard InChI is InChI=1S/C9H12BO2/c1-6-4-5-9(12-10-11)8(3)7(6)2/h4-5,11H,1-3H3. The van der Waals surface area contributed by atoms with E-state index in [1.165, 1.54) is 11.1 Å². The summed E-state index contributed by atoms with van der Waals surface area (Å²) in [5, 5.41) is 8.46. The van der Waals surface area contributed by atoms with Crippen LogP contribution >= 0.6 is 0 Å². The van der Waals surface area contributed by atoms with Crippen molar-refractivity contribution in [1.82, 2.24) is 0 Å². The van der Waals surface area contributed by atoms with Crippen LogP contribution in [0.25, 0.3) is 0 Å². The summed E-state index contributed by atoms with van der Waals surface area (Å²) in [5.74, 6) is 0.709. The van der Waals surface area contributed by atoms with Gasteiger partial charge in [-0.1, -0.05) is 6.07 Å². The van der Waals surface area contributed by atoms with Gasteiger partial charge in [0, 0.05) is 0 Å². The average molecular weight is 163 g/mol. The predicted octanol–water partition coefficient (Wildman–Crippen LogP) is 1.52. The van der Waals surface area contributed by atoms with Crippen LogP contribution in [0.5, 0.6) is 5.75 Å². The molecule has 0 aliphatic carbocycles. The third kappa shape index (κ3) is 1.61. The minimum Gasteiger partial charge on any atom is -0.537 e. The van der Waals surface area contributed by atoms with E-state index >= 15 is 0 Å². The number of hydrogen-bond donors (Lipinski definition) is 1. The third-order valence-corrected chi connectivity index (χ3v) is 2.19. The van der Waals surface area contributed by atoms with Crippen LogP contribution in [0, 0.1) is 20.8 Å². The van der Waals surface area contributed by atoms with Crippen LogP contribution in [0.15, 0.2) is 12.1 Å². The second-order valence-electron chi connectivity index (χ2n) is 2.85. The van der Waals surface area contributed by atoms with Crippen molar-refractivity contribution < 1.29 is 9.68 Å². The summed E-state index contributed by atoms with van der Waals surface area (Å²) in [6.45, 7) is 6.06. The van der Waals surface area contributed by atoms with Gasteiger partial charge in [0.2, 0.25) is 0 Å². The van der Waals surface area contributed by atoms with Crippen molar-refractivity contribution in [3.8, 4) is 5.75 Å². The molecule has 0 amide bonds. The van der Waals surface area contributed by atoms with Crippen LogP contribution < -0.4 is 4.65 Å². The van der Waals surface area contributed by atoms with Crippen molar-refractivity contribution in [3.63, 3.8) is 0 Å². The van der Waals surface area contributed by atoms with E-state index in [1.807, 2.05) is 26.0 Å². The van der Waals surface area contributed by atoms with Crippen LogP contribution in [0.3, 0.4) is 0 Å². The van der Waals surface area contributed by atoms with Gasteiger partial charge >= 0.3 is 7.69 Å². The molecule has 2 nitrogen and oxygen atoms in total. The maximum atomic E-state index is 8.46. The van der Waals surface area contributed by atoms with Gasteiger partial charge in [0.1, 0.15) is 5.75 Å². The normalized spacial score (nSPS) is 9.67. The molecule has 0 saturated heterocycles. The van der Waals surface area contributed by atoms with E-state index in [9.17, 15) is 0 Å². The summed E-state index contributed by atoms with van der Waals surface area (Å²) >= 11 is 0. The van der Waals surface area contributed by atoms with Crippen molar-refractivity contribution in [1.29, 1.82) is 0 Å². The van der Waals surface area contributed by atoms with Crippen molar-refractivity contribution in [3.05, 3.63) is 28.8 Å². The van der Waals surface area contributed by atoms with Gasteiger partial charge in [0.05, 0.1) is 0 Å². The molecule has 0 saturated carbocycles. The Bertz CT molecular complexity index is 284. The Morgan fingerprint density at radius 2 is 1.83 bits per heavy atom. The van der Waals surface area contributed by atoms with Crippen molar-refractivity contribution in [2.75, 3.05) is 0 Å². The van der Waals surface area contributed by atoms with Gasteiger partial charge in [-0.3, -0.25) is 0 Å². The summed E-state index contributed by atoms with van der Waals surface area (Å²) in [4.78, 5) is 0. The molecule has 0 bridgehead atoms. The zero-order valence-electron chi connectivity index (χ0n) is 7.59. The van der Waals surface area contributed by atoms with E-state index < -0.39 is 0 Å². The molecule has 1 aromatic rings. The molecule has 1 N–H and O–H groups in total. The molecule has 0 unspecified atom stereocenters. The van der Waals surface area contributed by atoms with Crippen LogP contribution in [0.2, 0.25) is 0 Å². The van der Waals surface area contributed by atoms with Crippen molar-refractivity contribution in [2.45, 2.75) is 20.8 Å². The van der Waals surface area contributed by atoms with Gasteiger partial charge < -0.3 is 9.68 Å². The van der Waals surface area contributed by atoms with Crippen LogP contribution in [-0.2, 0) is 0 Å². The van der Waals surface area contributed by atoms with E-state index in [1.54, 1.807) is 0 Å². The summed E-state index contributed by atoms with van der Waals surface area (Å²) in [6.07, 6.45) is 0. The number of aryl methyl sites for hydroxylation is 1. The summed E-state index contributed by atoms with van der Waals surface area (Å²) < 4.78 is 4.90. The molecule has 0 atom stereocenters. The topological polar surface area (TPSA) is 29.5 Å². The average Bonchev–Trinajstić information content (AvgIpc) is 2.07. The Labute approximate surface area is 73.5 Å². The molecule has 0 fully saturated rings. The molecule has 1 rings (SSSR count). The molecule has 63 valence electrons. The van der Waals surface area contributed by atoms with E-state index in [0.29, 0.717) is 13.4 Å². The zero-order chi connectivity index (χ0) is 9.14. The molecule has 1 aromatic carbocycles. The highest BCUT2D eigenvalue weighted by molar-refractivity contribution is 6.17. The highest BCUT2D eigenvalue weighted by Crippen LogP contribution is 2.22. The lowest BCUT2D eigenvalue weighted by molar-refractivity contribution is 0.451. The summed E-state index contributed by atoms with van der Waals surface area (Å²) in [6, 6.07) is 3.82. The quantitative estimate of drug-likeness (QED) is 0.669. The first kappa shape index (κ1) is 9.14. The van der Waals surface area contributed by atoms with E-state index in [0.717, 1.165) is 5.56 Å². The molecule has 3 heteroatoms. The highest BCUT2D eigenvalue weighted by Gasteiger charge is 2.03. The lowest BCUT2D eigenvalue weighted by Crippen LogP contribution is -2.02. The monoisotopic (exact) mass is 163 g/mol. The molecule has 0 aromatic heterocycles. The van der Waals surface area contributed by atoms with Crippen LogP contribution in [0.4, 0.5) is 0 Å². The third-order valence-electron chi connectivity index (χ3n) is 2.19. The fraction of sp³-hybridized carbons (Fsp3) is 0.333. The fourth-order valence-corrected chi connectivity index (χ4v) is 1.12. The second kappa shape index (κ2) is 3.63.